The molecule has 4 atom stereocenters. The van der Waals surface area contributed by atoms with Crippen molar-refractivity contribution in [2.24, 2.45) is 28.9 Å². The average Bonchev–Trinajstić information content (AvgIpc) is 2.82. The first-order valence-electron chi connectivity index (χ1n) is 13.7. The van der Waals surface area contributed by atoms with Crippen molar-refractivity contribution < 1.29 is 38.5 Å². The molecule has 3 N–H and O–H groups in total. The quantitative estimate of drug-likeness (QED) is 0.228. The Balaban J connectivity index is 3.44. The molecule has 0 aliphatic rings. The van der Waals surface area contributed by atoms with Crippen LogP contribution in [-0.2, 0) is 23.9 Å². The lowest BCUT2D eigenvalue weighted by molar-refractivity contribution is -0.160. The number of carbonyl (C=O) groups excluding carboxylic acids is 3. The van der Waals surface area contributed by atoms with Crippen molar-refractivity contribution in [1.82, 2.24) is 0 Å². The molecule has 0 saturated heterocycles. The molecule has 0 saturated carbocycles. The van der Waals surface area contributed by atoms with E-state index in [-0.39, 0.29) is 30.3 Å². The summed E-state index contributed by atoms with van der Waals surface area (Å²) in [6.07, 6.45) is 0.940. The van der Waals surface area contributed by atoms with Gasteiger partial charge in [0.2, 0.25) is 0 Å². The van der Waals surface area contributed by atoms with Crippen molar-refractivity contribution in [3.63, 3.8) is 0 Å². The Morgan fingerprint density at radius 2 is 1.33 bits per heavy atom. The summed E-state index contributed by atoms with van der Waals surface area (Å²) in [7, 11) is 0. The fourth-order valence-electron chi connectivity index (χ4n) is 3.79. The molecule has 0 amide bonds. The molecular formula is C30H47NO8. The second-order valence-corrected chi connectivity index (χ2v) is 12.1. The van der Waals surface area contributed by atoms with Gasteiger partial charge in [-0.2, -0.15) is 0 Å². The Morgan fingerprint density at radius 3 is 1.77 bits per heavy atom. The molecule has 9 heteroatoms. The standard InChI is InChI=1S/C30H47NO8/c1-17(2)10-14-24(32)38-22-13-12-21(16-23(22)39-25(33)15-11-18(3)4)26(27(31)28(34)35)19(5)20(6)37-29(36)30(7,8)9/h12-13,16-20,26-27H,10-11,14-15,31H2,1-9H3,(H,34,35)/t19?,20?,26?,27-/m0/s1. The SMILES string of the molecule is CC(C)CCC(=O)Oc1ccc(C(C(C)C(C)OC(=O)C(C)(C)C)[C@H](N)C(=O)O)cc1OC(=O)CCC(C)C. The molecule has 1 rings (SSSR count). The topological polar surface area (TPSA) is 142 Å². The molecule has 0 aliphatic carbocycles. The minimum atomic E-state index is -1.35. The normalized spacial score (nSPS) is 14.9. The molecule has 39 heavy (non-hydrogen) atoms. The fourth-order valence-corrected chi connectivity index (χ4v) is 3.79. The summed E-state index contributed by atoms with van der Waals surface area (Å²) in [5, 5.41) is 9.78. The summed E-state index contributed by atoms with van der Waals surface area (Å²) < 4.78 is 16.8. The van der Waals surface area contributed by atoms with Crippen molar-refractivity contribution in [1.29, 1.82) is 0 Å². The van der Waals surface area contributed by atoms with E-state index >= 15 is 0 Å². The van der Waals surface area contributed by atoms with E-state index in [1.807, 2.05) is 27.7 Å². The van der Waals surface area contributed by atoms with Gasteiger partial charge in [0, 0.05) is 24.7 Å². The van der Waals surface area contributed by atoms with Crippen LogP contribution in [-0.4, -0.2) is 41.1 Å². The van der Waals surface area contributed by atoms with Crippen LogP contribution in [0.3, 0.4) is 0 Å². The second kappa shape index (κ2) is 15.0. The number of ether oxygens (including phenoxy) is 3. The summed E-state index contributed by atoms with van der Waals surface area (Å²) in [5.74, 6) is -3.30. The van der Waals surface area contributed by atoms with Gasteiger partial charge in [-0.1, -0.05) is 40.7 Å². The van der Waals surface area contributed by atoms with E-state index in [0.717, 1.165) is 0 Å². The van der Waals surface area contributed by atoms with Crippen LogP contribution in [0.5, 0.6) is 11.5 Å². The van der Waals surface area contributed by atoms with E-state index in [4.69, 9.17) is 19.9 Å². The van der Waals surface area contributed by atoms with E-state index in [2.05, 4.69) is 0 Å². The lowest BCUT2D eigenvalue weighted by Gasteiger charge is -2.33. The number of hydrogen-bond acceptors (Lipinski definition) is 8. The van der Waals surface area contributed by atoms with Gasteiger partial charge in [-0.25, -0.2) is 0 Å². The highest BCUT2D eigenvalue weighted by Gasteiger charge is 2.37. The highest BCUT2D eigenvalue weighted by Crippen LogP contribution is 2.38. The number of hydrogen-bond donors (Lipinski definition) is 2. The van der Waals surface area contributed by atoms with E-state index in [1.54, 1.807) is 40.7 Å². The van der Waals surface area contributed by atoms with Crippen molar-refractivity contribution >= 4 is 23.9 Å². The Labute approximate surface area is 232 Å². The van der Waals surface area contributed by atoms with Gasteiger partial charge < -0.3 is 25.1 Å². The number of carboxylic acids is 1. The molecule has 0 bridgehead atoms. The Morgan fingerprint density at radius 1 is 0.846 bits per heavy atom. The molecule has 9 nitrogen and oxygen atoms in total. The monoisotopic (exact) mass is 549 g/mol. The van der Waals surface area contributed by atoms with Gasteiger partial charge in [0.15, 0.2) is 11.5 Å². The molecular weight excluding hydrogens is 502 g/mol. The number of aliphatic carboxylic acids is 1. The summed E-state index contributed by atoms with van der Waals surface area (Å²) in [4.78, 5) is 49.6. The predicted molar refractivity (Wildman–Crippen MR) is 148 cm³/mol. The second-order valence-electron chi connectivity index (χ2n) is 12.1. The highest BCUT2D eigenvalue weighted by molar-refractivity contribution is 5.78. The zero-order valence-electron chi connectivity index (χ0n) is 24.9. The largest absolute Gasteiger partial charge is 0.480 e. The van der Waals surface area contributed by atoms with Gasteiger partial charge in [0.25, 0.3) is 0 Å². The van der Waals surface area contributed by atoms with Gasteiger partial charge in [-0.15, -0.1) is 0 Å². The maximum atomic E-state index is 12.6. The van der Waals surface area contributed by atoms with E-state index in [9.17, 15) is 24.3 Å². The van der Waals surface area contributed by atoms with Crippen LogP contribution < -0.4 is 15.2 Å². The van der Waals surface area contributed by atoms with Crippen molar-refractivity contribution in [2.45, 2.75) is 106 Å². The fraction of sp³-hybridized carbons (Fsp3) is 0.667. The molecule has 1 aromatic carbocycles. The zero-order valence-corrected chi connectivity index (χ0v) is 24.9. The van der Waals surface area contributed by atoms with Gasteiger partial charge in [0.05, 0.1) is 5.41 Å². The Hall–Kier alpha value is -2.94. The maximum absolute atomic E-state index is 12.6. The number of rotatable bonds is 14. The summed E-state index contributed by atoms with van der Waals surface area (Å²) in [6.45, 7) is 16.6. The van der Waals surface area contributed by atoms with Crippen LogP contribution in [0, 0.1) is 23.2 Å². The molecule has 3 unspecified atom stereocenters. The number of benzene rings is 1. The van der Waals surface area contributed by atoms with Crippen LogP contribution in [0.2, 0.25) is 0 Å². The third-order valence-corrected chi connectivity index (χ3v) is 6.54. The molecule has 0 aliphatic heterocycles. The number of esters is 3. The van der Waals surface area contributed by atoms with Crippen LogP contribution in [0.25, 0.3) is 0 Å². The van der Waals surface area contributed by atoms with Gasteiger partial charge in [0.1, 0.15) is 12.1 Å². The number of carbonyl (C=O) groups is 4. The van der Waals surface area contributed by atoms with Crippen LogP contribution in [0.15, 0.2) is 18.2 Å². The number of nitrogens with two attached hydrogens (primary N) is 1. The molecule has 0 spiro atoms. The third-order valence-electron chi connectivity index (χ3n) is 6.54. The molecule has 0 heterocycles. The van der Waals surface area contributed by atoms with E-state index < -0.39 is 53.3 Å². The lowest BCUT2D eigenvalue weighted by atomic mass is 9.79. The summed E-state index contributed by atoms with van der Waals surface area (Å²) in [6, 6.07) is 3.22. The van der Waals surface area contributed by atoms with E-state index in [1.165, 1.54) is 12.1 Å². The Kier molecular flexibility index (Phi) is 13.1. The maximum Gasteiger partial charge on any atom is 0.321 e. The minimum Gasteiger partial charge on any atom is -0.480 e. The van der Waals surface area contributed by atoms with Crippen LogP contribution >= 0.6 is 0 Å². The molecule has 220 valence electrons. The van der Waals surface area contributed by atoms with Crippen molar-refractivity contribution in [2.75, 3.05) is 0 Å². The first kappa shape index (κ1) is 34.1. The zero-order chi connectivity index (χ0) is 30.1. The predicted octanol–water partition coefficient (Wildman–Crippen LogP) is 5.48. The molecule has 0 radical (unpaired) electrons. The smallest absolute Gasteiger partial charge is 0.321 e. The van der Waals surface area contributed by atoms with Gasteiger partial charge in [-0.05, 0) is 70.1 Å². The minimum absolute atomic E-state index is 0.00767. The molecule has 1 aromatic rings. The van der Waals surface area contributed by atoms with Crippen molar-refractivity contribution in [3.05, 3.63) is 23.8 Å². The van der Waals surface area contributed by atoms with E-state index in [0.29, 0.717) is 24.3 Å². The summed E-state index contributed by atoms with van der Waals surface area (Å²) in [5.41, 5.74) is 5.84. The lowest BCUT2D eigenvalue weighted by Crippen LogP contribution is -2.43. The highest BCUT2D eigenvalue weighted by atomic mass is 16.6. The Bertz CT molecular complexity index is 995. The molecule has 0 fully saturated rings. The van der Waals surface area contributed by atoms with Gasteiger partial charge in [-0.3, -0.25) is 19.2 Å². The summed E-state index contributed by atoms with van der Waals surface area (Å²) >= 11 is 0. The first-order chi connectivity index (χ1) is 17.9. The first-order valence-corrected chi connectivity index (χ1v) is 13.7. The van der Waals surface area contributed by atoms with Crippen molar-refractivity contribution in [3.8, 4) is 11.5 Å². The van der Waals surface area contributed by atoms with Gasteiger partial charge >= 0.3 is 23.9 Å². The average molecular weight is 550 g/mol. The van der Waals surface area contributed by atoms with Crippen LogP contribution in [0.4, 0.5) is 0 Å². The molecule has 0 aromatic heterocycles. The van der Waals surface area contributed by atoms with Crippen LogP contribution in [0.1, 0.15) is 99.5 Å². The third kappa shape index (κ3) is 11.4. The number of carboxylic acid groups (broad SMARTS) is 1.